The molecule has 5 heteroatoms. The van der Waals surface area contributed by atoms with E-state index >= 15 is 0 Å². The molecule has 2 aromatic carbocycles. The fourth-order valence-electron chi connectivity index (χ4n) is 2.32. The molecule has 0 aromatic heterocycles. The van der Waals surface area contributed by atoms with Gasteiger partial charge in [-0.15, -0.1) is 0 Å². The summed E-state index contributed by atoms with van der Waals surface area (Å²) in [5.74, 6) is 0.356. The summed E-state index contributed by atoms with van der Waals surface area (Å²) < 4.78 is 6.40. The van der Waals surface area contributed by atoms with E-state index in [0.717, 1.165) is 17.3 Å². The van der Waals surface area contributed by atoms with Crippen LogP contribution in [0.5, 0.6) is 5.75 Å². The first kappa shape index (κ1) is 20.2. The molecule has 2 aromatic rings. The van der Waals surface area contributed by atoms with Crippen molar-refractivity contribution in [3.05, 3.63) is 64.1 Å². The Morgan fingerprint density at radius 2 is 1.92 bits per heavy atom. The highest BCUT2D eigenvalue weighted by Crippen LogP contribution is 2.31. The number of hydrogen-bond acceptors (Lipinski definition) is 3. The molecule has 0 saturated heterocycles. The second-order valence-electron chi connectivity index (χ2n) is 7.05. The topological polar surface area (TPSA) is 50.7 Å². The summed E-state index contributed by atoms with van der Waals surface area (Å²) >= 11 is 3.50. The molecular formula is C21H25BrN2O2. The van der Waals surface area contributed by atoms with E-state index < -0.39 is 0 Å². The quantitative estimate of drug-likeness (QED) is 0.517. The van der Waals surface area contributed by atoms with Crippen molar-refractivity contribution in [1.82, 2.24) is 5.43 Å². The van der Waals surface area contributed by atoms with E-state index in [2.05, 4.69) is 59.4 Å². The number of hydrogen-bond donors (Lipinski definition) is 1. The molecule has 0 aliphatic carbocycles. The summed E-state index contributed by atoms with van der Waals surface area (Å²) in [4.78, 5) is 11.8. The van der Waals surface area contributed by atoms with E-state index in [1.54, 1.807) is 6.21 Å². The number of rotatable bonds is 7. The number of hydrazone groups is 1. The van der Waals surface area contributed by atoms with Gasteiger partial charge in [-0.25, -0.2) is 5.43 Å². The molecule has 0 spiro atoms. The van der Waals surface area contributed by atoms with E-state index in [9.17, 15) is 4.79 Å². The Bertz CT molecular complexity index is 752. The lowest BCUT2D eigenvalue weighted by Gasteiger charge is -2.20. The Morgan fingerprint density at radius 1 is 1.19 bits per heavy atom. The van der Waals surface area contributed by atoms with Crippen molar-refractivity contribution in [2.45, 2.75) is 39.0 Å². The van der Waals surface area contributed by atoms with E-state index in [-0.39, 0.29) is 17.9 Å². The lowest BCUT2D eigenvalue weighted by Crippen LogP contribution is -2.24. The minimum atomic E-state index is -0.284. The van der Waals surface area contributed by atoms with Crippen LogP contribution in [0.3, 0.4) is 0 Å². The van der Waals surface area contributed by atoms with Gasteiger partial charge in [0.05, 0.1) is 4.47 Å². The van der Waals surface area contributed by atoms with Crippen molar-refractivity contribution in [1.29, 1.82) is 0 Å². The number of nitrogens with zero attached hydrogens (tertiary/aromatic N) is 1. The monoisotopic (exact) mass is 416 g/mol. The summed E-state index contributed by atoms with van der Waals surface area (Å²) in [5, 5.41) is 3.95. The lowest BCUT2D eigenvalue weighted by molar-refractivity contribution is -0.123. The summed E-state index contributed by atoms with van der Waals surface area (Å²) in [6.07, 6.45) is 3.37. The lowest BCUT2D eigenvalue weighted by atomic mass is 9.87. The van der Waals surface area contributed by atoms with Crippen LogP contribution in [0, 0.1) is 0 Å². The number of ether oxygens (including phenoxy) is 1. The minimum absolute atomic E-state index is 0.0624. The van der Waals surface area contributed by atoms with Gasteiger partial charge in [-0.1, -0.05) is 57.2 Å². The van der Waals surface area contributed by atoms with Crippen molar-refractivity contribution in [2.75, 3.05) is 6.61 Å². The van der Waals surface area contributed by atoms with Crippen LogP contribution in [0.2, 0.25) is 0 Å². The highest BCUT2D eigenvalue weighted by Gasteiger charge is 2.15. The second-order valence-corrected chi connectivity index (χ2v) is 7.91. The Hall–Kier alpha value is -2.14. The maximum atomic E-state index is 11.8. The maximum Gasteiger partial charge on any atom is 0.277 e. The van der Waals surface area contributed by atoms with E-state index in [1.165, 1.54) is 11.1 Å². The first-order valence-electron chi connectivity index (χ1n) is 8.63. The molecule has 0 aliphatic heterocycles. The molecule has 0 radical (unpaired) electrons. The Balaban J connectivity index is 1.74. The van der Waals surface area contributed by atoms with Crippen molar-refractivity contribution >= 4 is 28.1 Å². The standard InChI is InChI=1S/C21H25BrN2O2/c1-21(2,3)17-11-12-19(18(22)14-17)26-15-20(25)24-23-13-7-10-16-8-5-4-6-9-16/h4-6,8-9,11-14H,7,10,15H2,1-3H3,(H,24,25)/b23-13+. The smallest absolute Gasteiger partial charge is 0.277 e. The molecule has 1 N–H and O–H groups in total. The molecule has 0 bridgehead atoms. The van der Waals surface area contributed by atoms with Gasteiger partial charge in [0, 0.05) is 6.21 Å². The molecule has 1 amide bonds. The van der Waals surface area contributed by atoms with Crippen molar-refractivity contribution in [3.8, 4) is 5.75 Å². The first-order chi connectivity index (χ1) is 12.4. The predicted molar refractivity (Wildman–Crippen MR) is 110 cm³/mol. The fraction of sp³-hybridized carbons (Fsp3) is 0.333. The van der Waals surface area contributed by atoms with Gasteiger partial charge in [0.15, 0.2) is 6.61 Å². The van der Waals surface area contributed by atoms with Crippen molar-refractivity contribution in [3.63, 3.8) is 0 Å². The molecule has 0 aliphatic rings. The Labute approximate surface area is 163 Å². The predicted octanol–water partition coefficient (Wildman–Crippen LogP) is 4.86. The number of amides is 1. The van der Waals surface area contributed by atoms with Gasteiger partial charge in [-0.05, 0) is 57.4 Å². The largest absolute Gasteiger partial charge is 0.483 e. The average molecular weight is 417 g/mol. The second kappa shape index (κ2) is 9.53. The molecule has 0 unspecified atom stereocenters. The van der Waals surface area contributed by atoms with Gasteiger partial charge in [-0.3, -0.25) is 4.79 Å². The number of aryl methyl sites for hydroxylation is 1. The van der Waals surface area contributed by atoms with Crippen molar-refractivity contribution < 1.29 is 9.53 Å². The zero-order chi connectivity index (χ0) is 19.0. The third kappa shape index (κ3) is 6.64. The average Bonchev–Trinajstić information content (AvgIpc) is 2.60. The summed E-state index contributed by atoms with van der Waals surface area (Å²) in [6, 6.07) is 16.1. The van der Waals surface area contributed by atoms with Gasteiger partial charge in [0.25, 0.3) is 5.91 Å². The first-order valence-corrected chi connectivity index (χ1v) is 9.42. The van der Waals surface area contributed by atoms with Gasteiger partial charge >= 0.3 is 0 Å². The number of halogens is 1. The summed E-state index contributed by atoms with van der Waals surface area (Å²) in [5.41, 5.74) is 4.99. The third-order valence-electron chi connectivity index (χ3n) is 3.84. The van der Waals surface area contributed by atoms with Gasteiger partial charge < -0.3 is 4.74 Å². The van der Waals surface area contributed by atoms with Crippen LogP contribution >= 0.6 is 15.9 Å². The molecular weight excluding hydrogens is 392 g/mol. The number of benzene rings is 2. The molecule has 0 saturated carbocycles. The van der Waals surface area contributed by atoms with Crippen LogP contribution in [0.4, 0.5) is 0 Å². The normalized spacial score (nSPS) is 11.5. The highest BCUT2D eigenvalue weighted by molar-refractivity contribution is 9.10. The maximum absolute atomic E-state index is 11.8. The van der Waals surface area contributed by atoms with Gasteiger partial charge in [0.2, 0.25) is 0 Å². The molecule has 26 heavy (non-hydrogen) atoms. The SMILES string of the molecule is CC(C)(C)c1ccc(OCC(=O)N/N=C/CCc2ccccc2)c(Br)c1. The fourth-order valence-corrected chi connectivity index (χ4v) is 2.81. The molecule has 138 valence electrons. The molecule has 0 heterocycles. The minimum Gasteiger partial charge on any atom is -0.483 e. The van der Waals surface area contributed by atoms with E-state index in [4.69, 9.17) is 4.74 Å². The zero-order valence-corrected chi connectivity index (χ0v) is 17.0. The zero-order valence-electron chi connectivity index (χ0n) is 15.5. The molecule has 0 fully saturated rings. The van der Waals surface area contributed by atoms with Gasteiger partial charge in [-0.2, -0.15) is 5.10 Å². The van der Waals surface area contributed by atoms with E-state index in [1.807, 2.05) is 36.4 Å². The third-order valence-corrected chi connectivity index (χ3v) is 4.46. The molecule has 4 nitrogen and oxygen atoms in total. The van der Waals surface area contributed by atoms with Crippen LogP contribution in [0.1, 0.15) is 38.3 Å². The van der Waals surface area contributed by atoms with Crippen LogP contribution in [0.15, 0.2) is 58.1 Å². The summed E-state index contributed by atoms with van der Waals surface area (Å²) in [6.45, 7) is 6.37. The van der Waals surface area contributed by atoms with E-state index in [0.29, 0.717) is 5.75 Å². The van der Waals surface area contributed by atoms with Crippen LogP contribution in [0.25, 0.3) is 0 Å². The van der Waals surface area contributed by atoms with Crippen LogP contribution in [-0.2, 0) is 16.6 Å². The Morgan fingerprint density at radius 3 is 2.58 bits per heavy atom. The number of carbonyl (C=O) groups excluding carboxylic acids is 1. The Kier molecular flexibility index (Phi) is 7.39. The number of carbonyl (C=O) groups is 1. The highest BCUT2D eigenvalue weighted by atomic mass is 79.9. The molecule has 2 rings (SSSR count). The van der Waals surface area contributed by atoms with Crippen LogP contribution in [-0.4, -0.2) is 18.7 Å². The molecule has 0 atom stereocenters. The van der Waals surface area contributed by atoms with Crippen molar-refractivity contribution in [2.24, 2.45) is 5.10 Å². The summed E-state index contributed by atoms with van der Waals surface area (Å²) in [7, 11) is 0. The van der Waals surface area contributed by atoms with Gasteiger partial charge in [0.1, 0.15) is 5.75 Å². The van der Waals surface area contributed by atoms with Crippen LogP contribution < -0.4 is 10.2 Å². The number of nitrogens with one attached hydrogen (secondary N) is 1.